The lowest BCUT2D eigenvalue weighted by Crippen LogP contribution is -2.53. The molecule has 0 unspecified atom stereocenters. The van der Waals surface area contributed by atoms with Crippen molar-refractivity contribution >= 4 is 5.91 Å². The number of carbonyl (C=O) groups is 1. The van der Waals surface area contributed by atoms with Crippen LogP contribution in [0.1, 0.15) is 29.6 Å². The average Bonchev–Trinajstić information content (AvgIpc) is 3.09. The average molecular weight is 264 g/mol. The molecule has 19 heavy (non-hydrogen) atoms. The zero-order valence-corrected chi connectivity index (χ0v) is 11.0. The fourth-order valence-corrected chi connectivity index (χ4v) is 3.17. The van der Waals surface area contributed by atoms with Gasteiger partial charge in [0.2, 0.25) is 0 Å². The van der Waals surface area contributed by atoms with Crippen LogP contribution in [0.3, 0.4) is 0 Å². The predicted molar refractivity (Wildman–Crippen MR) is 69.8 cm³/mol. The third kappa shape index (κ3) is 2.53. The van der Waals surface area contributed by atoms with E-state index in [1.165, 1.54) is 12.5 Å². The van der Waals surface area contributed by atoms with Gasteiger partial charge in [-0.3, -0.25) is 9.69 Å². The van der Waals surface area contributed by atoms with E-state index in [2.05, 4.69) is 4.90 Å². The second kappa shape index (κ2) is 5.35. The molecule has 1 aromatic heterocycles. The highest BCUT2D eigenvalue weighted by Gasteiger charge is 2.33. The van der Waals surface area contributed by atoms with Crippen molar-refractivity contribution in [2.45, 2.75) is 31.4 Å². The third-order valence-corrected chi connectivity index (χ3v) is 4.28. The van der Waals surface area contributed by atoms with Gasteiger partial charge in [0.05, 0.1) is 17.9 Å². The molecule has 0 radical (unpaired) electrons. The van der Waals surface area contributed by atoms with Crippen LogP contribution in [0.25, 0.3) is 0 Å². The van der Waals surface area contributed by atoms with Gasteiger partial charge in [-0.25, -0.2) is 0 Å². The molecule has 2 heterocycles. The molecule has 1 amide bonds. The highest BCUT2D eigenvalue weighted by atomic mass is 16.3. The molecule has 1 saturated carbocycles. The second-order valence-corrected chi connectivity index (χ2v) is 5.41. The van der Waals surface area contributed by atoms with E-state index in [0.717, 1.165) is 45.4 Å². The molecule has 0 aromatic carbocycles. The summed E-state index contributed by atoms with van der Waals surface area (Å²) >= 11 is 0. The van der Waals surface area contributed by atoms with Crippen molar-refractivity contribution in [1.82, 2.24) is 9.80 Å². The lowest BCUT2D eigenvalue weighted by molar-refractivity contribution is 0.0315. The Bertz CT molecular complexity index is 424. The van der Waals surface area contributed by atoms with Crippen molar-refractivity contribution in [3.8, 4) is 0 Å². The Morgan fingerprint density at radius 1 is 1.26 bits per heavy atom. The number of hydrogen-bond acceptors (Lipinski definition) is 4. The van der Waals surface area contributed by atoms with Crippen LogP contribution in [0.4, 0.5) is 0 Å². The molecule has 3 rings (SSSR count). The number of aliphatic hydroxyl groups is 1. The molecule has 5 nitrogen and oxygen atoms in total. The molecular formula is C14H20N2O3. The van der Waals surface area contributed by atoms with Gasteiger partial charge in [-0.1, -0.05) is 0 Å². The topological polar surface area (TPSA) is 56.9 Å². The molecule has 104 valence electrons. The number of piperazine rings is 1. The summed E-state index contributed by atoms with van der Waals surface area (Å²) in [7, 11) is 0. The Kier molecular flexibility index (Phi) is 3.57. The number of hydrogen-bond donors (Lipinski definition) is 1. The smallest absolute Gasteiger partial charge is 0.257 e. The van der Waals surface area contributed by atoms with E-state index in [1.54, 1.807) is 6.07 Å². The number of carbonyl (C=O) groups excluding carboxylic acids is 1. The molecule has 1 aromatic rings. The Labute approximate surface area is 112 Å². The highest BCUT2D eigenvalue weighted by Crippen LogP contribution is 2.25. The maximum atomic E-state index is 12.2. The largest absolute Gasteiger partial charge is 0.472 e. The van der Waals surface area contributed by atoms with Gasteiger partial charge in [0.1, 0.15) is 6.26 Å². The van der Waals surface area contributed by atoms with Gasteiger partial charge in [0.25, 0.3) is 5.91 Å². The van der Waals surface area contributed by atoms with Gasteiger partial charge in [-0.2, -0.15) is 0 Å². The van der Waals surface area contributed by atoms with E-state index in [9.17, 15) is 9.90 Å². The minimum atomic E-state index is -0.184. The number of nitrogens with zero attached hydrogens (tertiary/aromatic N) is 2. The maximum Gasteiger partial charge on any atom is 0.257 e. The summed E-state index contributed by atoms with van der Waals surface area (Å²) in [6.45, 7) is 3.16. The lowest BCUT2D eigenvalue weighted by Gasteiger charge is -2.39. The minimum Gasteiger partial charge on any atom is -0.472 e. The first-order valence-corrected chi connectivity index (χ1v) is 6.99. The van der Waals surface area contributed by atoms with Crippen molar-refractivity contribution < 1.29 is 14.3 Å². The minimum absolute atomic E-state index is 0.0420. The SMILES string of the molecule is O=C(c1ccoc1)N1CCN([C@@H]2CCC[C@H]2O)CC1. The fourth-order valence-electron chi connectivity index (χ4n) is 3.17. The molecule has 1 saturated heterocycles. The van der Waals surface area contributed by atoms with Gasteiger partial charge < -0.3 is 14.4 Å². The first kappa shape index (κ1) is 12.7. The monoisotopic (exact) mass is 264 g/mol. The van der Waals surface area contributed by atoms with Crippen molar-refractivity contribution in [1.29, 1.82) is 0 Å². The summed E-state index contributed by atoms with van der Waals surface area (Å²) in [5.41, 5.74) is 0.620. The summed E-state index contributed by atoms with van der Waals surface area (Å²) in [4.78, 5) is 16.3. The van der Waals surface area contributed by atoms with Crippen LogP contribution in [0.5, 0.6) is 0 Å². The van der Waals surface area contributed by atoms with E-state index in [4.69, 9.17) is 4.42 Å². The Hall–Kier alpha value is -1.33. The van der Waals surface area contributed by atoms with Crippen molar-refractivity contribution in [3.05, 3.63) is 24.2 Å². The van der Waals surface area contributed by atoms with Gasteiger partial charge in [-0.15, -0.1) is 0 Å². The standard InChI is InChI=1S/C14H20N2O3/c17-13-3-1-2-12(13)15-5-7-16(8-6-15)14(18)11-4-9-19-10-11/h4,9-10,12-13,17H,1-3,5-8H2/t12-,13-/m1/s1. The van der Waals surface area contributed by atoms with E-state index < -0.39 is 0 Å². The second-order valence-electron chi connectivity index (χ2n) is 5.41. The molecule has 2 atom stereocenters. The molecule has 0 bridgehead atoms. The van der Waals surface area contributed by atoms with E-state index >= 15 is 0 Å². The van der Waals surface area contributed by atoms with E-state index in [1.807, 2.05) is 4.90 Å². The van der Waals surface area contributed by atoms with Crippen LogP contribution in [-0.4, -0.2) is 59.1 Å². The quantitative estimate of drug-likeness (QED) is 0.864. The summed E-state index contributed by atoms with van der Waals surface area (Å²) in [5, 5.41) is 9.93. The Morgan fingerprint density at radius 2 is 2.05 bits per heavy atom. The summed E-state index contributed by atoms with van der Waals surface area (Å²) in [6, 6.07) is 2.00. The number of aliphatic hydroxyl groups excluding tert-OH is 1. The van der Waals surface area contributed by atoms with Crippen LogP contribution < -0.4 is 0 Å². The molecule has 2 fully saturated rings. The van der Waals surface area contributed by atoms with Crippen molar-refractivity contribution in [2.24, 2.45) is 0 Å². The third-order valence-electron chi connectivity index (χ3n) is 4.28. The molecule has 5 heteroatoms. The first-order chi connectivity index (χ1) is 9.25. The van der Waals surface area contributed by atoms with Gasteiger partial charge in [0, 0.05) is 32.2 Å². The van der Waals surface area contributed by atoms with Crippen LogP contribution in [0, 0.1) is 0 Å². The maximum absolute atomic E-state index is 12.2. The van der Waals surface area contributed by atoms with Gasteiger partial charge in [0.15, 0.2) is 0 Å². The van der Waals surface area contributed by atoms with Crippen molar-refractivity contribution in [2.75, 3.05) is 26.2 Å². The fraction of sp³-hybridized carbons (Fsp3) is 0.643. The van der Waals surface area contributed by atoms with Crippen LogP contribution in [-0.2, 0) is 0 Å². The van der Waals surface area contributed by atoms with Crippen LogP contribution in [0.15, 0.2) is 23.0 Å². The van der Waals surface area contributed by atoms with Crippen LogP contribution in [0.2, 0.25) is 0 Å². The summed E-state index contributed by atoms with van der Waals surface area (Å²) < 4.78 is 4.95. The molecular weight excluding hydrogens is 244 g/mol. The van der Waals surface area contributed by atoms with E-state index in [-0.39, 0.29) is 12.0 Å². The Balaban J connectivity index is 1.56. The zero-order valence-electron chi connectivity index (χ0n) is 11.0. The van der Waals surface area contributed by atoms with Crippen LogP contribution >= 0.6 is 0 Å². The number of furan rings is 1. The van der Waals surface area contributed by atoms with E-state index in [0.29, 0.717) is 11.6 Å². The molecule has 1 aliphatic carbocycles. The normalized spacial score (nSPS) is 28.8. The Morgan fingerprint density at radius 3 is 2.63 bits per heavy atom. The van der Waals surface area contributed by atoms with Gasteiger partial charge >= 0.3 is 0 Å². The number of rotatable bonds is 2. The van der Waals surface area contributed by atoms with Gasteiger partial charge in [-0.05, 0) is 25.3 Å². The first-order valence-electron chi connectivity index (χ1n) is 6.99. The molecule has 1 N–H and O–H groups in total. The predicted octanol–water partition coefficient (Wildman–Crippen LogP) is 0.951. The summed E-state index contributed by atoms with van der Waals surface area (Å²) in [5.74, 6) is 0.0420. The molecule has 0 spiro atoms. The molecule has 1 aliphatic heterocycles. The van der Waals surface area contributed by atoms with Crippen molar-refractivity contribution in [3.63, 3.8) is 0 Å². The summed E-state index contributed by atoms with van der Waals surface area (Å²) in [6.07, 6.45) is 5.94. The zero-order chi connectivity index (χ0) is 13.2. The highest BCUT2D eigenvalue weighted by molar-refractivity contribution is 5.93. The lowest BCUT2D eigenvalue weighted by atomic mass is 10.1. The molecule has 2 aliphatic rings. The number of amides is 1.